The van der Waals surface area contributed by atoms with Crippen LogP contribution in [-0.2, 0) is 4.74 Å². The zero-order valence-corrected chi connectivity index (χ0v) is 12.2. The Morgan fingerprint density at radius 1 is 1.35 bits per heavy atom. The van der Waals surface area contributed by atoms with E-state index in [9.17, 15) is 4.79 Å². The first kappa shape index (κ1) is 13.4. The SMILES string of the molecule is O=C(Nc1ccc(Cl)cc1)N1CCO[C@H]1c1cccs1. The predicted octanol–water partition coefficient (Wildman–Crippen LogP) is 3.96. The fourth-order valence-electron chi connectivity index (χ4n) is 2.07. The summed E-state index contributed by atoms with van der Waals surface area (Å²) in [5.74, 6) is 0. The summed E-state index contributed by atoms with van der Waals surface area (Å²) in [5, 5.41) is 5.48. The van der Waals surface area contributed by atoms with Crippen molar-refractivity contribution in [2.45, 2.75) is 6.23 Å². The van der Waals surface area contributed by atoms with Crippen molar-refractivity contribution in [3.63, 3.8) is 0 Å². The van der Waals surface area contributed by atoms with E-state index in [1.165, 1.54) is 0 Å². The fraction of sp³-hybridized carbons (Fsp3) is 0.214. The average molecular weight is 309 g/mol. The van der Waals surface area contributed by atoms with Gasteiger partial charge in [0.1, 0.15) is 0 Å². The zero-order valence-electron chi connectivity index (χ0n) is 10.6. The van der Waals surface area contributed by atoms with Crippen LogP contribution in [0.4, 0.5) is 10.5 Å². The van der Waals surface area contributed by atoms with Crippen LogP contribution in [0, 0.1) is 0 Å². The first-order valence-electron chi connectivity index (χ1n) is 6.22. The number of nitrogens with one attached hydrogen (secondary N) is 1. The second kappa shape index (κ2) is 5.83. The second-order valence-electron chi connectivity index (χ2n) is 4.37. The monoisotopic (exact) mass is 308 g/mol. The number of amides is 2. The Labute approximate surface area is 125 Å². The van der Waals surface area contributed by atoms with Crippen molar-refractivity contribution < 1.29 is 9.53 Å². The number of hydrogen-bond donors (Lipinski definition) is 1. The summed E-state index contributed by atoms with van der Waals surface area (Å²) in [6.07, 6.45) is -0.290. The molecule has 2 amide bonds. The van der Waals surface area contributed by atoms with Crippen molar-refractivity contribution in [3.8, 4) is 0 Å². The van der Waals surface area contributed by atoms with E-state index >= 15 is 0 Å². The fourth-order valence-corrected chi connectivity index (χ4v) is 2.98. The van der Waals surface area contributed by atoms with Gasteiger partial charge in [-0.3, -0.25) is 4.90 Å². The molecular weight excluding hydrogens is 296 g/mol. The van der Waals surface area contributed by atoms with Crippen LogP contribution in [0.2, 0.25) is 5.02 Å². The lowest BCUT2D eigenvalue weighted by Gasteiger charge is -2.22. The highest BCUT2D eigenvalue weighted by molar-refractivity contribution is 7.10. The molecule has 0 radical (unpaired) electrons. The van der Waals surface area contributed by atoms with Crippen molar-refractivity contribution in [1.82, 2.24) is 4.90 Å². The van der Waals surface area contributed by atoms with Gasteiger partial charge in [0.25, 0.3) is 0 Å². The third-order valence-electron chi connectivity index (χ3n) is 3.03. The first-order chi connectivity index (χ1) is 9.74. The van der Waals surface area contributed by atoms with Crippen LogP contribution in [0.5, 0.6) is 0 Å². The van der Waals surface area contributed by atoms with Gasteiger partial charge in [-0.05, 0) is 35.7 Å². The average Bonchev–Trinajstić information content (AvgIpc) is 3.11. The van der Waals surface area contributed by atoms with Gasteiger partial charge in [-0.15, -0.1) is 11.3 Å². The van der Waals surface area contributed by atoms with E-state index in [1.54, 1.807) is 40.5 Å². The Balaban J connectivity index is 1.71. The molecule has 1 aromatic heterocycles. The quantitative estimate of drug-likeness (QED) is 0.912. The number of benzene rings is 1. The lowest BCUT2D eigenvalue weighted by Crippen LogP contribution is -2.34. The molecule has 0 unspecified atom stereocenters. The minimum Gasteiger partial charge on any atom is -0.351 e. The lowest BCUT2D eigenvalue weighted by molar-refractivity contribution is 0.0550. The largest absolute Gasteiger partial charge is 0.351 e. The summed E-state index contributed by atoms with van der Waals surface area (Å²) in [6, 6.07) is 10.8. The molecule has 2 heterocycles. The van der Waals surface area contributed by atoms with Crippen LogP contribution in [-0.4, -0.2) is 24.1 Å². The van der Waals surface area contributed by atoms with Gasteiger partial charge >= 0.3 is 6.03 Å². The molecule has 0 aliphatic carbocycles. The molecule has 1 N–H and O–H groups in total. The maximum absolute atomic E-state index is 12.3. The third kappa shape index (κ3) is 2.80. The van der Waals surface area contributed by atoms with Gasteiger partial charge in [0, 0.05) is 17.3 Å². The molecule has 2 aromatic rings. The summed E-state index contributed by atoms with van der Waals surface area (Å²) in [4.78, 5) is 15.0. The van der Waals surface area contributed by atoms with Gasteiger partial charge in [-0.1, -0.05) is 17.7 Å². The molecule has 1 aromatic carbocycles. The number of ether oxygens (including phenoxy) is 1. The van der Waals surface area contributed by atoms with Gasteiger partial charge in [-0.25, -0.2) is 4.79 Å². The lowest BCUT2D eigenvalue weighted by atomic mass is 10.3. The topological polar surface area (TPSA) is 41.6 Å². The van der Waals surface area contributed by atoms with E-state index in [2.05, 4.69) is 5.32 Å². The van der Waals surface area contributed by atoms with Gasteiger partial charge in [0.2, 0.25) is 0 Å². The van der Waals surface area contributed by atoms with E-state index in [4.69, 9.17) is 16.3 Å². The van der Waals surface area contributed by atoms with Crippen LogP contribution < -0.4 is 5.32 Å². The second-order valence-corrected chi connectivity index (χ2v) is 5.78. The van der Waals surface area contributed by atoms with E-state index in [0.717, 1.165) is 10.6 Å². The number of carbonyl (C=O) groups excluding carboxylic acids is 1. The van der Waals surface area contributed by atoms with Crippen molar-refractivity contribution in [3.05, 3.63) is 51.7 Å². The molecule has 3 rings (SSSR count). The van der Waals surface area contributed by atoms with Crippen LogP contribution in [0.3, 0.4) is 0 Å². The Hall–Kier alpha value is -1.56. The molecule has 0 saturated carbocycles. The molecule has 1 atom stereocenters. The summed E-state index contributed by atoms with van der Waals surface area (Å²) in [7, 11) is 0. The summed E-state index contributed by atoms with van der Waals surface area (Å²) < 4.78 is 5.64. The highest BCUT2D eigenvalue weighted by Gasteiger charge is 2.31. The number of nitrogens with zero attached hydrogens (tertiary/aromatic N) is 1. The number of urea groups is 1. The van der Waals surface area contributed by atoms with E-state index in [-0.39, 0.29) is 12.3 Å². The van der Waals surface area contributed by atoms with Crippen molar-refractivity contribution in [1.29, 1.82) is 0 Å². The maximum Gasteiger partial charge on any atom is 0.324 e. The Morgan fingerprint density at radius 3 is 2.85 bits per heavy atom. The number of rotatable bonds is 2. The normalized spacial score (nSPS) is 18.2. The number of thiophene rings is 1. The molecule has 0 bridgehead atoms. The molecule has 0 spiro atoms. The van der Waals surface area contributed by atoms with Gasteiger partial charge in [0.15, 0.2) is 6.23 Å². The molecule has 104 valence electrons. The maximum atomic E-state index is 12.3. The molecule has 6 heteroatoms. The van der Waals surface area contributed by atoms with Crippen LogP contribution in [0.1, 0.15) is 11.1 Å². The first-order valence-corrected chi connectivity index (χ1v) is 7.48. The zero-order chi connectivity index (χ0) is 13.9. The van der Waals surface area contributed by atoms with E-state index in [0.29, 0.717) is 18.2 Å². The van der Waals surface area contributed by atoms with Gasteiger partial charge < -0.3 is 10.1 Å². The number of anilines is 1. The summed E-state index contributed by atoms with van der Waals surface area (Å²) >= 11 is 7.41. The van der Waals surface area contributed by atoms with E-state index in [1.807, 2.05) is 17.5 Å². The summed E-state index contributed by atoms with van der Waals surface area (Å²) in [6.45, 7) is 1.14. The van der Waals surface area contributed by atoms with Gasteiger partial charge in [0.05, 0.1) is 11.5 Å². The van der Waals surface area contributed by atoms with Crippen LogP contribution in [0.25, 0.3) is 0 Å². The Kier molecular flexibility index (Phi) is 3.91. The highest BCUT2D eigenvalue weighted by Crippen LogP contribution is 2.30. The number of carbonyl (C=O) groups is 1. The van der Waals surface area contributed by atoms with Gasteiger partial charge in [-0.2, -0.15) is 0 Å². The van der Waals surface area contributed by atoms with E-state index < -0.39 is 0 Å². The predicted molar refractivity (Wildman–Crippen MR) is 80.2 cm³/mol. The standard InChI is InChI=1S/C14H13ClN2O2S/c15-10-3-5-11(6-4-10)16-14(18)17-7-8-19-13(17)12-2-1-9-20-12/h1-6,9,13H,7-8H2,(H,16,18)/t13-/m0/s1. The van der Waals surface area contributed by atoms with Crippen molar-refractivity contribution in [2.75, 3.05) is 18.5 Å². The molecule has 4 nitrogen and oxygen atoms in total. The molecule has 1 fully saturated rings. The van der Waals surface area contributed by atoms with Crippen LogP contribution in [0.15, 0.2) is 41.8 Å². The molecular formula is C14H13ClN2O2S. The highest BCUT2D eigenvalue weighted by atomic mass is 35.5. The minimum atomic E-state index is -0.290. The smallest absolute Gasteiger partial charge is 0.324 e. The Morgan fingerprint density at radius 2 is 2.15 bits per heavy atom. The number of hydrogen-bond acceptors (Lipinski definition) is 3. The molecule has 1 saturated heterocycles. The third-order valence-corrected chi connectivity index (χ3v) is 4.19. The Bertz CT molecular complexity index is 586. The van der Waals surface area contributed by atoms with Crippen LogP contribution >= 0.6 is 22.9 Å². The summed E-state index contributed by atoms with van der Waals surface area (Å²) in [5.41, 5.74) is 0.719. The van der Waals surface area contributed by atoms with Crippen molar-refractivity contribution >= 4 is 34.7 Å². The molecule has 20 heavy (non-hydrogen) atoms. The molecule has 1 aliphatic rings. The van der Waals surface area contributed by atoms with Crippen molar-refractivity contribution in [2.24, 2.45) is 0 Å². The minimum absolute atomic E-state index is 0.164. The molecule has 1 aliphatic heterocycles. The number of halogens is 1.